The lowest BCUT2D eigenvalue weighted by Crippen LogP contribution is -2.35. The van der Waals surface area contributed by atoms with Gasteiger partial charge in [-0.3, -0.25) is 9.59 Å². The molecule has 0 saturated carbocycles. The van der Waals surface area contributed by atoms with Crippen molar-refractivity contribution in [2.45, 2.75) is 40.0 Å². The summed E-state index contributed by atoms with van der Waals surface area (Å²) in [7, 11) is 0. The monoisotopic (exact) mass is 485 g/mol. The predicted octanol–water partition coefficient (Wildman–Crippen LogP) is 3.16. The number of piperidine rings is 1. The number of carbonyl (C=O) groups is 1. The van der Waals surface area contributed by atoms with Crippen LogP contribution < -0.4 is 25.2 Å². The normalized spacial score (nSPS) is 16.0. The molecule has 0 spiro atoms. The first-order valence-corrected chi connectivity index (χ1v) is 12.6. The van der Waals surface area contributed by atoms with Crippen LogP contribution in [-0.4, -0.2) is 53.4 Å². The zero-order valence-electron chi connectivity index (χ0n) is 19.9. The number of aromatic nitrogens is 3. The first kappa shape index (κ1) is 24.0. The third kappa shape index (κ3) is 5.32. The summed E-state index contributed by atoms with van der Waals surface area (Å²) in [6.07, 6.45) is 4.24. The van der Waals surface area contributed by atoms with E-state index >= 15 is 0 Å². The molecule has 0 radical (unpaired) electrons. The smallest absolute Gasteiger partial charge is 0.288 e. The van der Waals surface area contributed by atoms with Crippen LogP contribution >= 0.6 is 11.3 Å². The Hall–Kier alpha value is -3.14. The van der Waals surface area contributed by atoms with Crippen molar-refractivity contribution in [2.24, 2.45) is 5.92 Å². The summed E-state index contributed by atoms with van der Waals surface area (Å²) in [6, 6.07) is 5.74. The van der Waals surface area contributed by atoms with Gasteiger partial charge in [0.2, 0.25) is 10.1 Å². The third-order valence-corrected chi connectivity index (χ3v) is 6.74. The van der Waals surface area contributed by atoms with E-state index in [1.807, 2.05) is 32.0 Å². The number of anilines is 1. The van der Waals surface area contributed by atoms with Gasteiger partial charge in [-0.25, -0.2) is 4.98 Å². The molecule has 1 aliphatic heterocycles. The second kappa shape index (κ2) is 10.9. The number of ether oxygens (including phenoxy) is 2. The van der Waals surface area contributed by atoms with Crippen molar-refractivity contribution in [3.05, 3.63) is 45.9 Å². The van der Waals surface area contributed by atoms with Gasteiger partial charge in [0.05, 0.1) is 13.2 Å². The van der Waals surface area contributed by atoms with Crippen LogP contribution in [-0.2, 0) is 6.42 Å². The summed E-state index contributed by atoms with van der Waals surface area (Å²) in [6.45, 7) is 9.36. The fourth-order valence-corrected chi connectivity index (χ4v) is 4.99. The maximum atomic E-state index is 12.9. The molecule has 1 aromatic carbocycles. The molecule has 1 aliphatic rings. The van der Waals surface area contributed by atoms with Crippen LogP contribution in [0, 0.1) is 5.92 Å². The molecule has 1 amide bonds. The quantitative estimate of drug-likeness (QED) is 0.497. The molecule has 1 N–H and O–H groups in total. The van der Waals surface area contributed by atoms with Gasteiger partial charge in [0.1, 0.15) is 5.56 Å². The zero-order chi connectivity index (χ0) is 24.1. The van der Waals surface area contributed by atoms with Gasteiger partial charge in [-0.1, -0.05) is 24.3 Å². The summed E-state index contributed by atoms with van der Waals surface area (Å²) >= 11 is 1.38. The number of hydrogen-bond acceptors (Lipinski definition) is 8. The van der Waals surface area contributed by atoms with Crippen LogP contribution in [0.2, 0.25) is 0 Å². The minimum atomic E-state index is -0.455. The first-order chi connectivity index (χ1) is 16.5. The summed E-state index contributed by atoms with van der Waals surface area (Å²) in [5.41, 5.74) is 0.537. The average molecular weight is 486 g/mol. The van der Waals surface area contributed by atoms with Crippen LogP contribution in [0.4, 0.5) is 5.13 Å². The number of nitrogens with zero attached hydrogens (tertiary/aromatic N) is 4. The summed E-state index contributed by atoms with van der Waals surface area (Å²) in [5, 5.41) is 8.07. The van der Waals surface area contributed by atoms with Crippen LogP contribution in [0.3, 0.4) is 0 Å². The highest BCUT2D eigenvalue weighted by atomic mass is 32.1. The predicted molar refractivity (Wildman–Crippen MR) is 133 cm³/mol. The first-order valence-electron chi connectivity index (χ1n) is 11.8. The van der Waals surface area contributed by atoms with Gasteiger partial charge in [-0.2, -0.15) is 4.52 Å². The molecule has 3 heterocycles. The Bertz CT molecular complexity index is 1210. The highest BCUT2D eigenvalue weighted by Crippen LogP contribution is 2.29. The Kier molecular flexibility index (Phi) is 7.66. The van der Waals surface area contributed by atoms with Crippen molar-refractivity contribution < 1.29 is 14.3 Å². The molecule has 10 heteroatoms. The number of fused-ring (bicyclic) bond motifs is 1. The van der Waals surface area contributed by atoms with E-state index in [0.717, 1.165) is 30.2 Å². The number of rotatable bonds is 9. The van der Waals surface area contributed by atoms with Gasteiger partial charge >= 0.3 is 0 Å². The SMILES string of the molecule is CCOc1ccc(CCNC(=O)c2cnc3sc(N4CCCC(C)C4)nn3c2=O)cc1OCC. The number of benzene rings is 1. The summed E-state index contributed by atoms with van der Waals surface area (Å²) < 4.78 is 12.5. The van der Waals surface area contributed by atoms with Gasteiger partial charge in [-0.05, 0) is 56.7 Å². The molecule has 9 nitrogen and oxygen atoms in total. The average Bonchev–Trinajstić information content (AvgIpc) is 3.27. The molecule has 34 heavy (non-hydrogen) atoms. The zero-order valence-corrected chi connectivity index (χ0v) is 20.7. The molecule has 182 valence electrons. The standard InChI is InChI=1S/C24H31N5O4S/c1-4-32-19-9-8-17(13-20(19)33-5-2)10-11-25-21(30)18-14-26-23-29(22(18)31)27-24(34-23)28-12-6-7-16(3)15-28/h8-9,13-14,16H,4-7,10-12,15H2,1-3H3,(H,25,30). The van der Waals surface area contributed by atoms with E-state index in [9.17, 15) is 9.59 Å². The lowest BCUT2D eigenvalue weighted by Gasteiger charge is -2.30. The topological polar surface area (TPSA) is 98.1 Å². The summed E-state index contributed by atoms with van der Waals surface area (Å²) in [5.74, 6) is 1.52. The minimum Gasteiger partial charge on any atom is -0.490 e. The molecule has 1 fully saturated rings. The fraction of sp³-hybridized carbons (Fsp3) is 0.500. The number of amides is 1. The number of nitrogens with one attached hydrogen (secondary N) is 1. The van der Waals surface area contributed by atoms with E-state index in [1.54, 1.807) is 0 Å². The van der Waals surface area contributed by atoms with Crippen LogP contribution in [0.1, 0.15) is 49.5 Å². The Morgan fingerprint density at radius 3 is 2.79 bits per heavy atom. The van der Waals surface area contributed by atoms with Gasteiger partial charge in [-0.15, -0.1) is 5.10 Å². The van der Waals surface area contributed by atoms with Crippen LogP contribution in [0.5, 0.6) is 11.5 Å². The lowest BCUT2D eigenvalue weighted by molar-refractivity contribution is 0.0952. The van der Waals surface area contributed by atoms with Crippen molar-refractivity contribution in [3.63, 3.8) is 0 Å². The third-order valence-electron chi connectivity index (χ3n) is 5.76. The van der Waals surface area contributed by atoms with Gasteiger partial charge in [0.15, 0.2) is 11.5 Å². The van der Waals surface area contributed by atoms with Gasteiger partial charge in [0.25, 0.3) is 11.5 Å². The molecule has 2 aromatic heterocycles. The lowest BCUT2D eigenvalue weighted by atomic mass is 10.0. The molecule has 1 atom stereocenters. The molecule has 1 unspecified atom stereocenters. The van der Waals surface area contributed by atoms with Crippen LogP contribution in [0.25, 0.3) is 4.96 Å². The molecular formula is C24H31N5O4S. The maximum Gasteiger partial charge on any atom is 0.288 e. The Labute approximate surface area is 202 Å². The van der Waals surface area contributed by atoms with Crippen molar-refractivity contribution in [3.8, 4) is 11.5 Å². The van der Waals surface area contributed by atoms with E-state index in [1.165, 1.54) is 28.5 Å². The van der Waals surface area contributed by atoms with E-state index < -0.39 is 11.5 Å². The molecule has 1 saturated heterocycles. The Morgan fingerprint density at radius 1 is 1.24 bits per heavy atom. The van der Waals surface area contributed by atoms with Crippen molar-refractivity contribution in [2.75, 3.05) is 37.7 Å². The van der Waals surface area contributed by atoms with Crippen molar-refractivity contribution in [1.29, 1.82) is 0 Å². The molecule has 0 bridgehead atoms. The molecule has 4 rings (SSSR count). The number of carbonyl (C=O) groups excluding carboxylic acids is 1. The van der Waals surface area contributed by atoms with E-state index in [-0.39, 0.29) is 5.56 Å². The van der Waals surface area contributed by atoms with E-state index in [2.05, 4.69) is 27.2 Å². The van der Waals surface area contributed by atoms with E-state index in [4.69, 9.17) is 9.47 Å². The molecule has 0 aliphatic carbocycles. The van der Waals surface area contributed by atoms with Crippen molar-refractivity contribution >= 4 is 27.3 Å². The van der Waals surface area contributed by atoms with Gasteiger partial charge in [0, 0.05) is 25.8 Å². The minimum absolute atomic E-state index is 0.0111. The van der Waals surface area contributed by atoms with E-state index in [0.29, 0.717) is 48.6 Å². The summed E-state index contributed by atoms with van der Waals surface area (Å²) in [4.78, 5) is 32.7. The maximum absolute atomic E-state index is 12.9. The largest absolute Gasteiger partial charge is 0.490 e. The second-order valence-electron chi connectivity index (χ2n) is 8.40. The van der Waals surface area contributed by atoms with Crippen molar-refractivity contribution in [1.82, 2.24) is 19.9 Å². The van der Waals surface area contributed by atoms with Crippen LogP contribution in [0.15, 0.2) is 29.2 Å². The fourth-order valence-electron chi connectivity index (χ4n) is 4.09. The molecular weight excluding hydrogens is 454 g/mol. The highest BCUT2D eigenvalue weighted by molar-refractivity contribution is 7.20. The Morgan fingerprint density at radius 2 is 2.03 bits per heavy atom. The second-order valence-corrected chi connectivity index (χ2v) is 9.34. The number of hydrogen-bond donors (Lipinski definition) is 1. The molecule has 3 aromatic rings. The Balaban J connectivity index is 1.42. The highest BCUT2D eigenvalue weighted by Gasteiger charge is 2.22. The van der Waals surface area contributed by atoms with Gasteiger partial charge < -0.3 is 19.7 Å².